The summed E-state index contributed by atoms with van der Waals surface area (Å²) in [7, 11) is 1.83. The highest BCUT2D eigenvalue weighted by Crippen LogP contribution is 2.28. The second-order valence-electron chi connectivity index (χ2n) is 3.47. The van der Waals surface area contributed by atoms with E-state index in [-0.39, 0.29) is 16.5 Å². The molecule has 6 heteroatoms. The van der Waals surface area contributed by atoms with Gasteiger partial charge in [-0.1, -0.05) is 22.8 Å². The van der Waals surface area contributed by atoms with Crippen LogP contribution in [0.5, 0.6) is 0 Å². The Morgan fingerprint density at radius 1 is 1.47 bits per heavy atom. The molecule has 17 heavy (non-hydrogen) atoms. The molecule has 0 aliphatic rings. The van der Waals surface area contributed by atoms with E-state index < -0.39 is 5.82 Å². The van der Waals surface area contributed by atoms with Crippen LogP contribution in [0.3, 0.4) is 0 Å². The standard InChI is InChI=1S/C11H11ClFN3O/c1-14-6-5-9-15-11(17-16-9)10-7(12)3-2-4-8(10)13/h2-4,14H,5-6H2,1H3. The van der Waals surface area contributed by atoms with Crippen LogP contribution in [-0.4, -0.2) is 23.7 Å². The molecule has 4 nitrogen and oxygen atoms in total. The van der Waals surface area contributed by atoms with Gasteiger partial charge in [0.2, 0.25) is 0 Å². The van der Waals surface area contributed by atoms with Gasteiger partial charge in [-0.3, -0.25) is 0 Å². The normalized spacial score (nSPS) is 10.8. The molecule has 0 spiro atoms. The first-order valence-electron chi connectivity index (χ1n) is 5.14. The molecule has 0 bridgehead atoms. The van der Waals surface area contributed by atoms with Crippen LogP contribution in [0.2, 0.25) is 5.02 Å². The zero-order chi connectivity index (χ0) is 12.3. The smallest absolute Gasteiger partial charge is 0.262 e. The Bertz CT molecular complexity index is 495. The van der Waals surface area contributed by atoms with E-state index in [9.17, 15) is 4.39 Å². The molecule has 1 aromatic carbocycles. The van der Waals surface area contributed by atoms with E-state index in [0.29, 0.717) is 12.2 Å². The highest BCUT2D eigenvalue weighted by atomic mass is 35.5. The number of benzene rings is 1. The van der Waals surface area contributed by atoms with Crippen molar-refractivity contribution in [1.29, 1.82) is 0 Å². The lowest BCUT2D eigenvalue weighted by molar-refractivity contribution is 0.420. The van der Waals surface area contributed by atoms with Gasteiger partial charge in [0.05, 0.1) is 10.6 Å². The average molecular weight is 256 g/mol. The molecular formula is C11H11ClFN3O. The third-order valence-corrected chi connectivity index (χ3v) is 2.56. The third-order valence-electron chi connectivity index (χ3n) is 2.24. The quantitative estimate of drug-likeness (QED) is 0.911. The maximum atomic E-state index is 13.6. The number of aromatic nitrogens is 2. The van der Waals surface area contributed by atoms with Crippen molar-refractivity contribution in [2.45, 2.75) is 6.42 Å². The topological polar surface area (TPSA) is 51.0 Å². The number of hydrogen-bond donors (Lipinski definition) is 1. The third kappa shape index (κ3) is 2.62. The second kappa shape index (κ2) is 5.25. The van der Waals surface area contributed by atoms with Crippen molar-refractivity contribution in [2.75, 3.05) is 13.6 Å². The van der Waals surface area contributed by atoms with Gasteiger partial charge in [0.25, 0.3) is 5.89 Å². The molecule has 0 unspecified atom stereocenters. The van der Waals surface area contributed by atoms with E-state index in [0.717, 1.165) is 6.54 Å². The fraction of sp³-hybridized carbons (Fsp3) is 0.273. The summed E-state index contributed by atoms with van der Waals surface area (Å²) in [6.45, 7) is 0.726. The summed E-state index contributed by atoms with van der Waals surface area (Å²) in [5, 5.41) is 6.99. The fourth-order valence-electron chi connectivity index (χ4n) is 1.40. The summed E-state index contributed by atoms with van der Waals surface area (Å²) < 4.78 is 18.6. The first-order chi connectivity index (χ1) is 8.22. The molecule has 1 N–H and O–H groups in total. The highest BCUT2D eigenvalue weighted by Gasteiger charge is 2.16. The van der Waals surface area contributed by atoms with Crippen molar-refractivity contribution >= 4 is 11.6 Å². The van der Waals surface area contributed by atoms with Crippen molar-refractivity contribution in [3.05, 3.63) is 34.9 Å². The van der Waals surface area contributed by atoms with Crippen molar-refractivity contribution in [3.63, 3.8) is 0 Å². The molecule has 0 atom stereocenters. The Kier molecular flexibility index (Phi) is 3.71. The minimum Gasteiger partial charge on any atom is -0.334 e. The van der Waals surface area contributed by atoms with E-state index in [4.69, 9.17) is 16.1 Å². The Balaban J connectivity index is 2.30. The predicted octanol–water partition coefficient (Wildman–Crippen LogP) is 2.29. The van der Waals surface area contributed by atoms with Crippen LogP contribution in [0.25, 0.3) is 11.5 Å². The molecule has 0 amide bonds. The fourth-order valence-corrected chi connectivity index (χ4v) is 1.64. The van der Waals surface area contributed by atoms with Crippen LogP contribution in [0, 0.1) is 5.82 Å². The lowest BCUT2D eigenvalue weighted by Gasteiger charge is -1.98. The molecule has 2 aromatic rings. The van der Waals surface area contributed by atoms with Gasteiger partial charge in [-0.05, 0) is 19.2 Å². The van der Waals surface area contributed by atoms with E-state index >= 15 is 0 Å². The average Bonchev–Trinajstić information content (AvgIpc) is 2.75. The number of likely N-dealkylation sites (N-methyl/N-ethyl adjacent to an activating group) is 1. The van der Waals surface area contributed by atoms with Crippen molar-refractivity contribution in [3.8, 4) is 11.5 Å². The van der Waals surface area contributed by atoms with Crippen LogP contribution in [0.4, 0.5) is 4.39 Å². The number of hydrogen-bond acceptors (Lipinski definition) is 4. The molecule has 0 fully saturated rings. The van der Waals surface area contributed by atoms with E-state index in [1.165, 1.54) is 12.1 Å². The molecule has 0 saturated heterocycles. The van der Waals surface area contributed by atoms with E-state index in [2.05, 4.69) is 15.5 Å². The summed E-state index contributed by atoms with van der Waals surface area (Å²) in [6.07, 6.45) is 0.617. The number of nitrogens with zero attached hydrogens (tertiary/aromatic N) is 2. The Hall–Kier alpha value is -1.46. The van der Waals surface area contributed by atoms with Gasteiger partial charge in [0, 0.05) is 13.0 Å². The predicted molar refractivity (Wildman–Crippen MR) is 62.3 cm³/mol. The number of rotatable bonds is 4. The minimum atomic E-state index is -0.471. The molecule has 0 aliphatic heterocycles. The maximum absolute atomic E-state index is 13.6. The molecule has 0 radical (unpaired) electrons. The van der Waals surface area contributed by atoms with Crippen molar-refractivity contribution in [1.82, 2.24) is 15.5 Å². The van der Waals surface area contributed by atoms with Gasteiger partial charge >= 0.3 is 0 Å². The minimum absolute atomic E-state index is 0.110. The van der Waals surface area contributed by atoms with Gasteiger partial charge in [0.15, 0.2) is 5.82 Å². The molecule has 0 aliphatic carbocycles. The van der Waals surface area contributed by atoms with Gasteiger partial charge in [-0.2, -0.15) is 4.98 Å². The first-order valence-corrected chi connectivity index (χ1v) is 5.51. The van der Waals surface area contributed by atoms with Gasteiger partial charge in [-0.25, -0.2) is 4.39 Å². The first kappa shape index (κ1) is 12.0. The molecule has 1 heterocycles. The number of nitrogens with one attached hydrogen (secondary N) is 1. The highest BCUT2D eigenvalue weighted by molar-refractivity contribution is 6.33. The second-order valence-corrected chi connectivity index (χ2v) is 3.87. The SMILES string of the molecule is CNCCc1noc(-c2c(F)cccc2Cl)n1. The zero-order valence-corrected chi connectivity index (χ0v) is 9.96. The van der Waals surface area contributed by atoms with Crippen molar-refractivity contribution in [2.24, 2.45) is 0 Å². The van der Waals surface area contributed by atoms with Gasteiger partial charge < -0.3 is 9.84 Å². The lowest BCUT2D eigenvalue weighted by Crippen LogP contribution is -2.11. The summed E-state index contributed by atoms with van der Waals surface area (Å²) in [5.74, 6) is 0.161. The summed E-state index contributed by atoms with van der Waals surface area (Å²) in [6, 6.07) is 4.41. The zero-order valence-electron chi connectivity index (χ0n) is 9.20. The molecular weight excluding hydrogens is 245 g/mol. The van der Waals surface area contributed by atoms with Gasteiger partial charge in [0.1, 0.15) is 5.82 Å². The Morgan fingerprint density at radius 3 is 3.00 bits per heavy atom. The van der Waals surface area contributed by atoms with Crippen LogP contribution in [0.15, 0.2) is 22.7 Å². The van der Waals surface area contributed by atoms with Gasteiger partial charge in [-0.15, -0.1) is 0 Å². The largest absolute Gasteiger partial charge is 0.334 e. The monoisotopic (exact) mass is 255 g/mol. The summed E-state index contributed by atoms with van der Waals surface area (Å²) >= 11 is 5.90. The maximum Gasteiger partial charge on any atom is 0.262 e. The Labute approximate surface area is 103 Å². The van der Waals surface area contributed by atoms with Crippen LogP contribution >= 0.6 is 11.6 Å². The van der Waals surface area contributed by atoms with Crippen LogP contribution in [-0.2, 0) is 6.42 Å². The van der Waals surface area contributed by atoms with E-state index in [1.807, 2.05) is 7.05 Å². The molecule has 90 valence electrons. The van der Waals surface area contributed by atoms with E-state index in [1.54, 1.807) is 6.07 Å². The molecule has 0 saturated carbocycles. The molecule has 2 rings (SSSR count). The summed E-state index contributed by atoms with van der Waals surface area (Å²) in [5.41, 5.74) is 0.150. The summed E-state index contributed by atoms with van der Waals surface area (Å²) in [4.78, 5) is 4.10. The van der Waals surface area contributed by atoms with Crippen LogP contribution in [0.1, 0.15) is 5.82 Å². The lowest BCUT2D eigenvalue weighted by atomic mass is 10.2. The van der Waals surface area contributed by atoms with Crippen molar-refractivity contribution < 1.29 is 8.91 Å². The Morgan fingerprint density at radius 2 is 2.29 bits per heavy atom. The molecule has 1 aromatic heterocycles. The van der Waals surface area contributed by atoms with Crippen LogP contribution < -0.4 is 5.32 Å². The number of halogens is 2.